The number of para-hydroxylation sites is 1. The second-order valence-corrected chi connectivity index (χ2v) is 13.4. The molecular weight excluding hydrogens is 590 g/mol. The summed E-state index contributed by atoms with van der Waals surface area (Å²) in [6.07, 6.45) is 2.69. The lowest BCUT2D eigenvalue weighted by molar-refractivity contribution is 0.0947. The highest BCUT2D eigenvalue weighted by molar-refractivity contribution is 7.92. The highest BCUT2D eigenvalue weighted by atomic mass is 35.5. The van der Waals surface area contributed by atoms with Gasteiger partial charge in [-0.05, 0) is 72.9 Å². The lowest BCUT2D eigenvalue weighted by Gasteiger charge is -2.34. The molecule has 3 heterocycles. The van der Waals surface area contributed by atoms with Crippen LogP contribution >= 0.6 is 23.7 Å². The summed E-state index contributed by atoms with van der Waals surface area (Å²) in [7, 11) is -3.70. The van der Waals surface area contributed by atoms with Gasteiger partial charge < -0.3 is 10.2 Å². The Labute approximate surface area is 257 Å². The van der Waals surface area contributed by atoms with Crippen LogP contribution in [0.5, 0.6) is 0 Å². The van der Waals surface area contributed by atoms with E-state index in [0.717, 1.165) is 73.9 Å². The molecular formula is C31H36ClN5O3S2. The van der Waals surface area contributed by atoms with Gasteiger partial charge in [-0.25, -0.2) is 13.4 Å². The summed E-state index contributed by atoms with van der Waals surface area (Å²) in [6, 6.07) is 20.4. The first-order valence-corrected chi connectivity index (χ1v) is 16.5. The number of hydrogen-bond donors (Lipinski definition) is 1. The molecule has 222 valence electrons. The van der Waals surface area contributed by atoms with E-state index in [4.69, 9.17) is 4.98 Å². The predicted molar refractivity (Wildman–Crippen MR) is 173 cm³/mol. The van der Waals surface area contributed by atoms with Crippen LogP contribution in [0.3, 0.4) is 0 Å². The van der Waals surface area contributed by atoms with Gasteiger partial charge in [-0.1, -0.05) is 42.5 Å². The van der Waals surface area contributed by atoms with E-state index in [1.165, 1.54) is 26.7 Å². The molecule has 4 aromatic rings. The Balaban J connectivity index is 0.00000353. The summed E-state index contributed by atoms with van der Waals surface area (Å²) in [6.45, 7) is 7.57. The highest BCUT2D eigenvalue weighted by Crippen LogP contribution is 2.32. The summed E-state index contributed by atoms with van der Waals surface area (Å²) in [5.41, 5.74) is 4.64. The van der Waals surface area contributed by atoms with Gasteiger partial charge in [-0.3, -0.25) is 14.0 Å². The minimum atomic E-state index is -3.70. The Bertz CT molecular complexity index is 1650. The molecule has 1 aromatic heterocycles. The number of nitrogens with one attached hydrogen (secondary N) is 1. The lowest BCUT2D eigenvalue weighted by atomic mass is 10.0. The van der Waals surface area contributed by atoms with Crippen LogP contribution < -0.4 is 14.5 Å². The number of benzene rings is 3. The number of halogens is 1. The van der Waals surface area contributed by atoms with Crippen molar-refractivity contribution in [3.8, 4) is 0 Å². The van der Waals surface area contributed by atoms with Crippen molar-refractivity contribution < 1.29 is 13.2 Å². The van der Waals surface area contributed by atoms with Gasteiger partial charge in [0.05, 0.1) is 20.8 Å². The molecule has 2 aliphatic heterocycles. The smallest absolute Gasteiger partial charge is 0.264 e. The van der Waals surface area contributed by atoms with Crippen LogP contribution in [0.1, 0.15) is 34.8 Å². The van der Waals surface area contributed by atoms with Gasteiger partial charge in [0.2, 0.25) is 0 Å². The van der Waals surface area contributed by atoms with Crippen LogP contribution in [0.15, 0.2) is 71.6 Å². The number of sulfonamides is 1. The maximum atomic E-state index is 13.4. The van der Waals surface area contributed by atoms with Gasteiger partial charge in [0.1, 0.15) is 0 Å². The molecule has 2 aliphatic rings. The number of carbonyl (C=O) groups is 1. The number of amides is 1. The lowest BCUT2D eigenvalue weighted by Crippen LogP contribution is -2.48. The number of hydrogen-bond acceptors (Lipinski definition) is 7. The van der Waals surface area contributed by atoms with Gasteiger partial charge in [0.15, 0.2) is 5.13 Å². The zero-order valence-corrected chi connectivity index (χ0v) is 26.1. The fourth-order valence-electron chi connectivity index (χ4n) is 5.56. The van der Waals surface area contributed by atoms with Crippen LogP contribution in [0.4, 0.5) is 10.8 Å². The normalized spacial score (nSPS) is 15.7. The van der Waals surface area contributed by atoms with Gasteiger partial charge in [0.25, 0.3) is 15.9 Å². The van der Waals surface area contributed by atoms with E-state index in [9.17, 15) is 13.2 Å². The van der Waals surface area contributed by atoms with Crippen LogP contribution in [0.25, 0.3) is 10.2 Å². The molecule has 1 amide bonds. The molecule has 0 aliphatic carbocycles. The predicted octanol–water partition coefficient (Wildman–Crippen LogP) is 4.97. The Hall–Kier alpha value is -3.18. The van der Waals surface area contributed by atoms with E-state index >= 15 is 0 Å². The Morgan fingerprint density at radius 2 is 1.74 bits per heavy atom. The number of aryl methyl sites for hydroxylation is 2. The summed E-state index contributed by atoms with van der Waals surface area (Å²) >= 11 is 1.76. The molecule has 1 N–H and O–H groups in total. The number of aromatic nitrogens is 1. The quantitative estimate of drug-likeness (QED) is 0.298. The molecule has 42 heavy (non-hydrogen) atoms. The molecule has 1 fully saturated rings. The van der Waals surface area contributed by atoms with Crippen molar-refractivity contribution in [2.45, 2.75) is 31.1 Å². The fourth-order valence-corrected chi connectivity index (χ4v) is 8.18. The van der Waals surface area contributed by atoms with Gasteiger partial charge in [-0.2, -0.15) is 0 Å². The van der Waals surface area contributed by atoms with Crippen LogP contribution in [0, 0.1) is 0 Å². The standard InChI is InChI=1S/C31H35N5O3S2.ClH/c1-2-23-9-14-27-29(22-23)40-31(33-27)35-20-18-34(19-21-35)17-15-32-30(37)25-10-12-26(13-11-25)41(38,39)36-16-5-7-24-6-3-4-8-28(24)36;/h3-4,6,8-14,22H,2,5,7,15-21H2,1H3,(H,32,37);1H. The van der Waals surface area contributed by atoms with E-state index in [1.807, 2.05) is 24.3 Å². The first-order chi connectivity index (χ1) is 19.9. The van der Waals surface area contributed by atoms with Crippen LogP contribution in [-0.4, -0.2) is 70.0 Å². The first kappa shape index (κ1) is 30.3. The van der Waals surface area contributed by atoms with Crippen molar-refractivity contribution in [2.75, 3.05) is 55.0 Å². The summed E-state index contributed by atoms with van der Waals surface area (Å²) in [5.74, 6) is -0.197. The third-order valence-electron chi connectivity index (χ3n) is 7.98. The summed E-state index contributed by atoms with van der Waals surface area (Å²) < 4.78 is 29.5. The Kier molecular flexibility index (Phi) is 9.37. The Morgan fingerprint density at radius 3 is 2.50 bits per heavy atom. The number of anilines is 2. The van der Waals surface area contributed by atoms with Crippen molar-refractivity contribution in [1.29, 1.82) is 0 Å². The summed E-state index contributed by atoms with van der Waals surface area (Å²) in [4.78, 5) is 22.5. The van der Waals surface area contributed by atoms with Crippen molar-refractivity contribution in [3.63, 3.8) is 0 Å². The second-order valence-electron chi connectivity index (χ2n) is 10.6. The van der Waals surface area contributed by atoms with E-state index < -0.39 is 10.0 Å². The van der Waals surface area contributed by atoms with E-state index in [1.54, 1.807) is 23.5 Å². The maximum Gasteiger partial charge on any atom is 0.264 e. The Morgan fingerprint density at radius 1 is 0.976 bits per heavy atom. The molecule has 6 rings (SSSR count). The number of nitrogens with zero attached hydrogens (tertiary/aromatic N) is 4. The SMILES string of the molecule is CCc1ccc2nc(N3CCN(CCNC(=O)c4ccc(S(=O)(=O)N5CCCc6ccccc65)cc4)CC3)sc2c1.Cl. The minimum absolute atomic E-state index is 0. The number of carbonyl (C=O) groups excluding carboxylic acids is 1. The topological polar surface area (TPSA) is 85.9 Å². The molecule has 0 unspecified atom stereocenters. The third kappa shape index (κ3) is 6.27. The first-order valence-electron chi connectivity index (χ1n) is 14.3. The van der Waals surface area contributed by atoms with Gasteiger partial charge >= 0.3 is 0 Å². The zero-order chi connectivity index (χ0) is 28.4. The van der Waals surface area contributed by atoms with Crippen molar-refractivity contribution >= 4 is 60.7 Å². The van der Waals surface area contributed by atoms with Crippen molar-refractivity contribution in [1.82, 2.24) is 15.2 Å². The molecule has 3 aromatic carbocycles. The highest BCUT2D eigenvalue weighted by Gasteiger charge is 2.29. The number of rotatable bonds is 8. The van der Waals surface area contributed by atoms with Crippen LogP contribution in [-0.2, 0) is 22.9 Å². The van der Waals surface area contributed by atoms with E-state index in [2.05, 4.69) is 40.2 Å². The largest absolute Gasteiger partial charge is 0.351 e. The molecule has 8 nitrogen and oxygen atoms in total. The molecule has 0 atom stereocenters. The average Bonchev–Trinajstić information content (AvgIpc) is 3.44. The van der Waals surface area contributed by atoms with Gasteiger partial charge in [-0.15, -0.1) is 12.4 Å². The fraction of sp³-hybridized carbons (Fsp3) is 0.355. The molecule has 1 saturated heterocycles. The van der Waals surface area contributed by atoms with Crippen LogP contribution in [0.2, 0.25) is 0 Å². The molecule has 0 bridgehead atoms. The van der Waals surface area contributed by atoms with Crippen molar-refractivity contribution in [3.05, 3.63) is 83.4 Å². The summed E-state index contributed by atoms with van der Waals surface area (Å²) in [5, 5.41) is 4.07. The number of fused-ring (bicyclic) bond motifs is 2. The van der Waals surface area contributed by atoms with Crippen molar-refractivity contribution in [2.24, 2.45) is 0 Å². The molecule has 0 saturated carbocycles. The molecule has 11 heteroatoms. The van der Waals surface area contributed by atoms with E-state index in [0.29, 0.717) is 18.7 Å². The molecule has 0 spiro atoms. The number of piperazine rings is 1. The monoisotopic (exact) mass is 625 g/mol. The van der Waals surface area contributed by atoms with Gasteiger partial charge in [0, 0.05) is 51.4 Å². The molecule has 0 radical (unpaired) electrons. The van der Waals surface area contributed by atoms with E-state index in [-0.39, 0.29) is 23.2 Å². The second kappa shape index (κ2) is 13.0. The zero-order valence-electron chi connectivity index (χ0n) is 23.7. The minimum Gasteiger partial charge on any atom is -0.351 e. The number of thiazole rings is 1. The maximum absolute atomic E-state index is 13.4. The third-order valence-corrected chi connectivity index (χ3v) is 10.9. The average molecular weight is 626 g/mol.